The van der Waals surface area contributed by atoms with Crippen LogP contribution in [0.5, 0.6) is 0 Å². The molecule has 2 aliphatic carbocycles. The van der Waals surface area contributed by atoms with Gasteiger partial charge in [-0.1, -0.05) is 31.4 Å². The molecule has 4 rings (SSSR count). The van der Waals surface area contributed by atoms with Crippen LogP contribution >= 0.6 is 11.8 Å². The van der Waals surface area contributed by atoms with Gasteiger partial charge < -0.3 is 4.57 Å². The maximum absolute atomic E-state index is 4.37. The lowest BCUT2D eigenvalue weighted by atomic mass is 9.94. The van der Waals surface area contributed by atoms with Crippen LogP contribution in [-0.4, -0.2) is 20.6 Å². The Kier molecular flexibility index (Phi) is 3.47. The summed E-state index contributed by atoms with van der Waals surface area (Å²) in [4.78, 5) is 4.37. The average Bonchev–Trinajstić information content (AvgIpc) is 3.07. The van der Waals surface area contributed by atoms with Gasteiger partial charge in [0.2, 0.25) is 0 Å². The van der Waals surface area contributed by atoms with Crippen molar-refractivity contribution in [3.8, 4) is 0 Å². The number of allylic oxidation sites excluding steroid dienone is 4. The predicted molar refractivity (Wildman–Crippen MR) is 85.9 cm³/mol. The number of fused-ring (bicyclic) bond motifs is 2. The highest BCUT2D eigenvalue weighted by Gasteiger charge is 2.31. The lowest BCUT2D eigenvalue weighted by Crippen LogP contribution is -2.15. The van der Waals surface area contributed by atoms with Crippen LogP contribution in [0.1, 0.15) is 56.7 Å². The first kappa shape index (κ1) is 12.8. The van der Waals surface area contributed by atoms with Crippen LogP contribution in [0.3, 0.4) is 0 Å². The van der Waals surface area contributed by atoms with E-state index in [0.29, 0.717) is 6.04 Å². The van der Waals surface area contributed by atoms with Crippen molar-refractivity contribution in [2.24, 2.45) is 0 Å². The summed E-state index contributed by atoms with van der Waals surface area (Å²) in [6.07, 6.45) is 18.3. The molecule has 1 saturated carbocycles. The molecule has 0 saturated heterocycles. The monoisotopic (exact) mass is 286 g/mol. The van der Waals surface area contributed by atoms with E-state index in [1.807, 2.05) is 12.5 Å². The lowest BCUT2D eigenvalue weighted by molar-refractivity contribution is 0.514. The topological polar surface area (TPSA) is 17.8 Å². The van der Waals surface area contributed by atoms with Crippen molar-refractivity contribution in [3.63, 3.8) is 0 Å². The first-order chi connectivity index (χ1) is 9.93. The van der Waals surface area contributed by atoms with Gasteiger partial charge in [0.25, 0.3) is 0 Å². The molecule has 2 heterocycles. The molecule has 3 heteroatoms. The molecule has 1 aromatic rings. The van der Waals surface area contributed by atoms with Crippen LogP contribution in [0.2, 0.25) is 0 Å². The molecule has 0 N–H and O–H groups in total. The van der Waals surface area contributed by atoms with E-state index < -0.39 is 0 Å². The van der Waals surface area contributed by atoms with Crippen LogP contribution in [0.25, 0.3) is 5.57 Å². The van der Waals surface area contributed by atoms with Gasteiger partial charge in [0.05, 0.1) is 24.3 Å². The van der Waals surface area contributed by atoms with E-state index >= 15 is 0 Å². The molecule has 2 nitrogen and oxygen atoms in total. The molecule has 1 aliphatic heterocycles. The largest absolute Gasteiger partial charge is 0.322 e. The minimum atomic E-state index is 0.569. The third-order valence-electron chi connectivity index (χ3n) is 4.93. The molecule has 0 bridgehead atoms. The van der Waals surface area contributed by atoms with Gasteiger partial charge in [0.15, 0.2) is 0 Å². The lowest BCUT2D eigenvalue weighted by Gasteiger charge is -2.24. The summed E-state index contributed by atoms with van der Waals surface area (Å²) < 4.78 is 2.41. The Morgan fingerprint density at radius 2 is 2.15 bits per heavy atom. The Labute approximate surface area is 125 Å². The number of aromatic nitrogens is 2. The number of rotatable bonds is 3. The quantitative estimate of drug-likeness (QED) is 0.807. The zero-order valence-electron chi connectivity index (χ0n) is 11.9. The summed E-state index contributed by atoms with van der Waals surface area (Å²) in [5.74, 6) is 1.24. The van der Waals surface area contributed by atoms with Crippen molar-refractivity contribution in [2.45, 2.75) is 56.2 Å². The van der Waals surface area contributed by atoms with E-state index in [4.69, 9.17) is 0 Å². The molecule has 3 aliphatic rings. The zero-order chi connectivity index (χ0) is 13.4. The van der Waals surface area contributed by atoms with E-state index in [1.165, 1.54) is 62.0 Å². The van der Waals surface area contributed by atoms with E-state index in [9.17, 15) is 0 Å². The molecule has 1 atom stereocenters. The molecule has 106 valence electrons. The molecular formula is C17H22N2S. The zero-order valence-corrected chi connectivity index (χ0v) is 12.7. The second kappa shape index (κ2) is 5.44. The normalized spacial score (nSPS) is 25.9. The number of nitrogens with zero attached hydrogens (tertiary/aromatic N) is 2. The van der Waals surface area contributed by atoms with Gasteiger partial charge in [0, 0.05) is 16.6 Å². The first-order valence-corrected chi connectivity index (χ1v) is 9.02. The summed E-state index contributed by atoms with van der Waals surface area (Å²) in [6.45, 7) is 0. The van der Waals surface area contributed by atoms with Gasteiger partial charge in [0.1, 0.15) is 0 Å². The van der Waals surface area contributed by atoms with Gasteiger partial charge >= 0.3 is 0 Å². The highest BCUT2D eigenvalue weighted by Crippen LogP contribution is 2.44. The molecule has 1 fully saturated rings. The molecule has 1 aromatic heterocycles. The average molecular weight is 286 g/mol. The molecular weight excluding hydrogens is 264 g/mol. The fourth-order valence-corrected chi connectivity index (χ4v) is 5.33. The van der Waals surface area contributed by atoms with Crippen molar-refractivity contribution in [3.05, 3.63) is 35.9 Å². The fraction of sp³-hybridized carbons (Fsp3) is 0.588. The van der Waals surface area contributed by atoms with Gasteiger partial charge in [-0.15, -0.1) is 0 Å². The maximum Gasteiger partial charge on any atom is 0.0956 e. The molecule has 20 heavy (non-hydrogen) atoms. The van der Waals surface area contributed by atoms with Gasteiger partial charge in [-0.3, -0.25) is 0 Å². The van der Waals surface area contributed by atoms with Crippen LogP contribution in [0.4, 0.5) is 0 Å². The van der Waals surface area contributed by atoms with E-state index in [-0.39, 0.29) is 0 Å². The summed E-state index contributed by atoms with van der Waals surface area (Å²) in [7, 11) is 0. The van der Waals surface area contributed by atoms with Crippen molar-refractivity contribution < 1.29 is 0 Å². The SMILES string of the molecule is C1=CC2=C(CC1)C(CSC1CCCCC1)n1cncc12. The smallest absolute Gasteiger partial charge is 0.0956 e. The van der Waals surface area contributed by atoms with E-state index in [1.54, 1.807) is 5.57 Å². The molecule has 0 amide bonds. The van der Waals surface area contributed by atoms with Crippen molar-refractivity contribution in [1.29, 1.82) is 0 Å². The maximum atomic E-state index is 4.37. The molecule has 0 radical (unpaired) electrons. The summed E-state index contributed by atoms with van der Waals surface area (Å²) >= 11 is 2.21. The van der Waals surface area contributed by atoms with Crippen molar-refractivity contribution >= 4 is 17.3 Å². The summed E-state index contributed by atoms with van der Waals surface area (Å²) in [5.41, 5.74) is 4.46. The Bertz CT molecular complexity index is 549. The Morgan fingerprint density at radius 3 is 3.05 bits per heavy atom. The Balaban J connectivity index is 1.52. The minimum Gasteiger partial charge on any atom is -0.322 e. The summed E-state index contributed by atoms with van der Waals surface area (Å²) in [5, 5.41) is 0.902. The van der Waals surface area contributed by atoms with Crippen molar-refractivity contribution in [2.75, 3.05) is 5.75 Å². The number of imidazole rings is 1. The fourth-order valence-electron chi connectivity index (χ4n) is 3.85. The van der Waals surface area contributed by atoms with Gasteiger partial charge in [-0.05, 0) is 31.3 Å². The number of hydrogen-bond donors (Lipinski definition) is 0. The number of hydrogen-bond acceptors (Lipinski definition) is 2. The van der Waals surface area contributed by atoms with Gasteiger partial charge in [-0.2, -0.15) is 11.8 Å². The molecule has 0 aromatic carbocycles. The molecule has 0 spiro atoms. The van der Waals surface area contributed by atoms with E-state index in [2.05, 4.69) is 33.5 Å². The highest BCUT2D eigenvalue weighted by molar-refractivity contribution is 7.99. The first-order valence-electron chi connectivity index (χ1n) is 7.97. The van der Waals surface area contributed by atoms with Crippen LogP contribution in [0, 0.1) is 0 Å². The highest BCUT2D eigenvalue weighted by atomic mass is 32.2. The Morgan fingerprint density at radius 1 is 1.25 bits per heavy atom. The third-order valence-corrected chi connectivity index (χ3v) is 6.38. The van der Waals surface area contributed by atoms with E-state index in [0.717, 1.165) is 5.25 Å². The van der Waals surface area contributed by atoms with Crippen LogP contribution < -0.4 is 0 Å². The standard InChI is InChI=1S/C17H22N2S/c1-2-6-13(7-3-1)20-11-17-15-9-5-4-8-14(15)16-10-18-12-19(16)17/h4,8,10,12-13,17H,1-3,5-7,9,11H2. The van der Waals surface area contributed by atoms with Crippen LogP contribution in [0.15, 0.2) is 30.2 Å². The molecule has 1 unspecified atom stereocenters. The predicted octanol–water partition coefficient (Wildman–Crippen LogP) is 4.61. The Hall–Kier alpha value is -0.960. The van der Waals surface area contributed by atoms with Gasteiger partial charge in [-0.25, -0.2) is 4.98 Å². The second-order valence-electron chi connectivity index (χ2n) is 6.18. The third kappa shape index (κ3) is 2.16. The van der Waals surface area contributed by atoms with Crippen molar-refractivity contribution in [1.82, 2.24) is 9.55 Å². The second-order valence-corrected chi connectivity index (χ2v) is 7.51. The number of thioether (sulfide) groups is 1. The summed E-state index contributed by atoms with van der Waals surface area (Å²) in [6, 6.07) is 0.569. The van der Waals surface area contributed by atoms with Crippen LogP contribution in [-0.2, 0) is 0 Å². The minimum absolute atomic E-state index is 0.569.